The van der Waals surface area contributed by atoms with Crippen molar-refractivity contribution in [2.24, 2.45) is 0 Å². The van der Waals surface area contributed by atoms with Gasteiger partial charge in [0.1, 0.15) is 0 Å². The molecule has 1 aromatic carbocycles. The van der Waals surface area contributed by atoms with Crippen LogP contribution in [-0.4, -0.2) is 79.0 Å². The number of likely N-dealkylation sites (N-methyl/N-ethyl adjacent to an activating group) is 1. The third-order valence-corrected chi connectivity index (χ3v) is 5.67. The zero-order valence-electron chi connectivity index (χ0n) is 15.9. The summed E-state index contributed by atoms with van der Waals surface area (Å²) in [6, 6.07) is 9.03. The van der Waals surface area contributed by atoms with Crippen LogP contribution < -0.4 is 5.32 Å². The minimum absolute atomic E-state index is 0.00954. The Kier molecular flexibility index (Phi) is 5.97. The van der Waals surface area contributed by atoms with E-state index in [-0.39, 0.29) is 6.04 Å². The number of nitrogens with zero attached hydrogens (tertiary/aromatic N) is 3. The molecule has 2 aliphatic rings. The molecule has 5 nitrogen and oxygen atoms in total. The van der Waals surface area contributed by atoms with Crippen LogP contribution in [0.3, 0.4) is 0 Å². The molecule has 2 saturated heterocycles. The first-order valence-corrected chi connectivity index (χ1v) is 9.57. The fourth-order valence-electron chi connectivity index (χ4n) is 3.76. The minimum atomic E-state index is 0.00954. The summed E-state index contributed by atoms with van der Waals surface area (Å²) < 4.78 is 0. The predicted octanol–water partition coefficient (Wildman–Crippen LogP) is 2.03. The molecule has 0 radical (unpaired) electrons. The van der Waals surface area contributed by atoms with Gasteiger partial charge in [-0.2, -0.15) is 0 Å². The fourth-order valence-corrected chi connectivity index (χ4v) is 3.76. The fraction of sp³-hybridized carbons (Fsp3) is 0.650. The lowest BCUT2D eigenvalue weighted by Crippen LogP contribution is -2.55. The van der Waals surface area contributed by atoms with Crippen molar-refractivity contribution < 1.29 is 4.79 Å². The first-order chi connectivity index (χ1) is 12.0. The van der Waals surface area contributed by atoms with Gasteiger partial charge in [0.25, 0.3) is 0 Å². The molecule has 0 aliphatic carbocycles. The van der Waals surface area contributed by atoms with Crippen molar-refractivity contribution >= 4 is 11.6 Å². The number of rotatable bonds is 4. The summed E-state index contributed by atoms with van der Waals surface area (Å²) in [6.07, 6.45) is 2.05. The molecule has 2 heterocycles. The Morgan fingerprint density at radius 1 is 1.04 bits per heavy atom. The van der Waals surface area contributed by atoms with Gasteiger partial charge in [-0.15, -0.1) is 0 Å². The molecule has 2 fully saturated rings. The minimum Gasteiger partial charge on any atom is -0.382 e. The standard InChI is InChI=1S/C20H32N4O/c1-16-4-6-18(7-5-16)21-19-8-10-24(11-9-19)20(25)17(2)23-14-12-22(3)13-15-23/h4-7,17,19,21H,8-15H2,1-3H3/t17-/m1/s1. The van der Waals surface area contributed by atoms with Crippen molar-refractivity contribution in [1.82, 2.24) is 14.7 Å². The van der Waals surface area contributed by atoms with Crippen LogP contribution in [-0.2, 0) is 4.79 Å². The maximum atomic E-state index is 12.8. The number of piperidine rings is 1. The van der Waals surface area contributed by atoms with Crippen LogP contribution in [0.1, 0.15) is 25.3 Å². The van der Waals surface area contributed by atoms with Gasteiger partial charge in [0.15, 0.2) is 0 Å². The number of aryl methyl sites for hydroxylation is 1. The highest BCUT2D eigenvalue weighted by Crippen LogP contribution is 2.19. The van der Waals surface area contributed by atoms with Gasteiger partial charge in [-0.3, -0.25) is 9.69 Å². The number of nitrogens with one attached hydrogen (secondary N) is 1. The quantitative estimate of drug-likeness (QED) is 0.907. The van der Waals surface area contributed by atoms with Crippen LogP contribution in [0, 0.1) is 6.92 Å². The maximum absolute atomic E-state index is 12.8. The van der Waals surface area contributed by atoms with Crippen molar-refractivity contribution in [3.8, 4) is 0 Å². The molecule has 3 rings (SSSR count). The highest BCUT2D eigenvalue weighted by Gasteiger charge is 2.30. The lowest BCUT2D eigenvalue weighted by molar-refractivity contribution is -0.138. The van der Waals surface area contributed by atoms with Crippen molar-refractivity contribution in [2.45, 2.75) is 38.8 Å². The van der Waals surface area contributed by atoms with Crippen LogP contribution in [0.15, 0.2) is 24.3 Å². The molecule has 1 N–H and O–H groups in total. The molecule has 5 heteroatoms. The van der Waals surface area contributed by atoms with Crippen molar-refractivity contribution in [1.29, 1.82) is 0 Å². The van der Waals surface area contributed by atoms with Gasteiger partial charge in [0.2, 0.25) is 5.91 Å². The molecule has 138 valence electrons. The summed E-state index contributed by atoms with van der Waals surface area (Å²) in [6.45, 7) is 10.0. The number of amides is 1. The van der Waals surface area contributed by atoms with Gasteiger partial charge in [0, 0.05) is 51.0 Å². The number of carbonyl (C=O) groups excluding carboxylic acids is 1. The van der Waals surface area contributed by atoms with Gasteiger partial charge >= 0.3 is 0 Å². The highest BCUT2D eigenvalue weighted by atomic mass is 16.2. The number of anilines is 1. The number of hydrogen-bond acceptors (Lipinski definition) is 4. The smallest absolute Gasteiger partial charge is 0.239 e. The third-order valence-electron chi connectivity index (χ3n) is 5.67. The summed E-state index contributed by atoms with van der Waals surface area (Å²) in [5.74, 6) is 0.304. The normalized spacial score (nSPS) is 22.0. The van der Waals surface area contributed by atoms with Crippen LogP contribution in [0.5, 0.6) is 0 Å². The first-order valence-electron chi connectivity index (χ1n) is 9.57. The molecule has 0 saturated carbocycles. The highest BCUT2D eigenvalue weighted by molar-refractivity contribution is 5.81. The van der Waals surface area contributed by atoms with Crippen LogP contribution in [0.25, 0.3) is 0 Å². The number of piperazine rings is 1. The van der Waals surface area contributed by atoms with E-state index in [4.69, 9.17) is 0 Å². The summed E-state index contributed by atoms with van der Waals surface area (Å²) in [5.41, 5.74) is 2.46. The molecule has 0 spiro atoms. The number of carbonyl (C=O) groups is 1. The molecule has 1 amide bonds. The van der Waals surface area contributed by atoms with E-state index in [0.717, 1.165) is 52.1 Å². The molecule has 1 atom stereocenters. The third kappa shape index (κ3) is 4.73. The lowest BCUT2D eigenvalue weighted by Gasteiger charge is -2.39. The van der Waals surface area contributed by atoms with Crippen LogP contribution in [0.4, 0.5) is 5.69 Å². The zero-order chi connectivity index (χ0) is 17.8. The van der Waals surface area contributed by atoms with E-state index >= 15 is 0 Å². The van der Waals surface area contributed by atoms with E-state index < -0.39 is 0 Å². The van der Waals surface area contributed by atoms with E-state index in [1.54, 1.807) is 0 Å². The number of likely N-dealkylation sites (tertiary alicyclic amines) is 1. The molecular formula is C20H32N4O. The second kappa shape index (κ2) is 8.19. The zero-order valence-corrected chi connectivity index (χ0v) is 15.9. The van der Waals surface area contributed by atoms with Crippen molar-refractivity contribution in [3.05, 3.63) is 29.8 Å². The average molecular weight is 345 g/mol. The Hall–Kier alpha value is -1.59. The number of hydrogen-bond donors (Lipinski definition) is 1. The van der Waals surface area contributed by atoms with Crippen LogP contribution >= 0.6 is 0 Å². The first kappa shape index (κ1) is 18.2. The lowest BCUT2D eigenvalue weighted by atomic mass is 10.0. The Bertz CT molecular complexity index is 558. The Morgan fingerprint density at radius 2 is 1.64 bits per heavy atom. The van der Waals surface area contributed by atoms with Gasteiger partial charge < -0.3 is 15.1 Å². The topological polar surface area (TPSA) is 38.8 Å². The molecule has 0 bridgehead atoms. The predicted molar refractivity (Wildman–Crippen MR) is 103 cm³/mol. The van der Waals surface area contributed by atoms with Gasteiger partial charge in [0.05, 0.1) is 6.04 Å². The van der Waals surface area contributed by atoms with Crippen molar-refractivity contribution in [3.63, 3.8) is 0 Å². The van der Waals surface area contributed by atoms with Crippen molar-refractivity contribution in [2.75, 3.05) is 51.6 Å². The summed E-state index contributed by atoms with van der Waals surface area (Å²) >= 11 is 0. The summed E-state index contributed by atoms with van der Waals surface area (Å²) in [5, 5.41) is 3.61. The SMILES string of the molecule is Cc1ccc(NC2CCN(C(=O)[C@@H](C)N3CCN(C)CC3)CC2)cc1. The van der Waals surface area contributed by atoms with Crippen LogP contribution in [0.2, 0.25) is 0 Å². The van der Waals surface area contributed by atoms with Gasteiger partial charge in [-0.05, 0) is 45.9 Å². The van der Waals surface area contributed by atoms with E-state index in [2.05, 4.69) is 65.2 Å². The largest absolute Gasteiger partial charge is 0.382 e. The van der Waals surface area contributed by atoms with E-state index in [1.807, 2.05) is 0 Å². The Morgan fingerprint density at radius 3 is 2.24 bits per heavy atom. The molecular weight excluding hydrogens is 312 g/mol. The second-order valence-corrected chi connectivity index (χ2v) is 7.63. The van der Waals surface area contributed by atoms with Gasteiger partial charge in [-0.1, -0.05) is 17.7 Å². The molecule has 25 heavy (non-hydrogen) atoms. The monoisotopic (exact) mass is 344 g/mol. The maximum Gasteiger partial charge on any atom is 0.239 e. The summed E-state index contributed by atoms with van der Waals surface area (Å²) in [4.78, 5) is 19.6. The molecule has 0 aromatic heterocycles. The Balaban J connectivity index is 1.46. The average Bonchev–Trinajstić information content (AvgIpc) is 2.64. The van der Waals surface area contributed by atoms with Gasteiger partial charge in [-0.25, -0.2) is 0 Å². The van der Waals surface area contributed by atoms with E-state index in [0.29, 0.717) is 11.9 Å². The molecule has 2 aliphatic heterocycles. The Labute approximate surface area is 152 Å². The van der Waals surface area contributed by atoms with E-state index in [9.17, 15) is 4.79 Å². The second-order valence-electron chi connectivity index (χ2n) is 7.63. The molecule has 0 unspecified atom stereocenters. The molecule has 1 aromatic rings. The number of benzene rings is 1. The van der Waals surface area contributed by atoms with E-state index in [1.165, 1.54) is 11.3 Å². The summed E-state index contributed by atoms with van der Waals surface area (Å²) in [7, 11) is 2.15.